The zero-order chi connectivity index (χ0) is 12.8. The van der Waals surface area contributed by atoms with Gasteiger partial charge < -0.3 is 0 Å². The van der Waals surface area contributed by atoms with Crippen molar-refractivity contribution in [3.63, 3.8) is 0 Å². The standard InChI is InChI=1S/C7H8F6O3/c8-6(9,10)15-3-1-5(14)2-4-16-7(11,12)13/h1-4H2. The minimum atomic E-state index is -4.84. The smallest absolute Gasteiger partial charge is 0.300 e. The topological polar surface area (TPSA) is 35.5 Å². The van der Waals surface area contributed by atoms with Gasteiger partial charge in [-0.1, -0.05) is 0 Å². The van der Waals surface area contributed by atoms with Crippen LogP contribution in [0.5, 0.6) is 0 Å². The number of alkyl halides is 6. The molecule has 0 heterocycles. The third kappa shape index (κ3) is 11.2. The van der Waals surface area contributed by atoms with Crippen molar-refractivity contribution in [1.29, 1.82) is 0 Å². The molecule has 0 saturated heterocycles. The Morgan fingerprint density at radius 2 is 1.12 bits per heavy atom. The van der Waals surface area contributed by atoms with Gasteiger partial charge in [-0.25, -0.2) is 0 Å². The molecule has 0 aliphatic carbocycles. The van der Waals surface area contributed by atoms with E-state index >= 15 is 0 Å². The molecule has 0 atom stereocenters. The molecule has 0 bridgehead atoms. The first-order chi connectivity index (χ1) is 7.10. The van der Waals surface area contributed by atoms with Crippen molar-refractivity contribution in [2.75, 3.05) is 13.2 Å². The maximum atomic E-state index is 11.4. The number of halogens is 6. The summed E-state index contributed by atoms with van der Waals surface area (Å²) >= 11 is 0. The second kappa shape index (κ2) is 6.04. The fourth-order valence-corrected chi connectivity index (χ4v) is 0.686. The highest BCUT2D eigenvalue weighted by atomic mass is 19.4. The molecule has 0 radical (unpaired) electrons. The van der Waals surface area contributed by atoms with E-state index in [1.54, 1.807) is 0 Å². The Balaban J connectivity index is 3.53. The summed E-state index contributed by atoms with van der Waals surface area (Å²) in [7, 11) is 0. The Labute approximate surface area is 86.3 Å². The molecule has 0 fully saturated rings. The number of carbonyl (C=O) groups excluding carboxylic acids is 1. The Bertz CT molecular complexity index is 199. The average Bonchev–Trinajstić information content (AvgIpc) is 1.98. The molecule has 0 aliphatic rings. The molecule has 0 saturated carbocycles. The summed E-state index contributed by atoms with van der Waals surface area (Å²) in [6, 6.07) is 0. The second-order valence-electron chi connectivity index (χ2n) is 2.63. The number of rotatable bonds is 6. The molecule has 0 aliphatic heterocycles. The van der Waals surface area contributed by atoms with Crippen molar-refractivity contribution in [2.24, 2.45) is 0 Å². The fourth-order valence-electron chi connectivity index (χ4n) is 0.686. The zero-order valence-corrected chi connectivity index (χ0v) is 7.82. The molecule has 96 valence electrons. The van der Waals surface area contributed by atoms with E-state index in [1.807, 2.05) is 0 Å². The highest BCUT2D eigenvalue weighted by Crippen LogP contribution is 2.17. The van der Waals surface area contributed by atoms with Gasteiger partial charge in [-0.15, -0.1) is 26.3 Å². The summed E-state index contributed by atoms with van der Waals surface area (Å²) < 4.78 is 75.0. The molecule has 9 heteroatoms. The van der Waals surface area contributed by atoms with Gasteiger partial charge in [0.05, 0.1) is 13.2 Å². The van der Waals surface area contributed by atoms with Gasteiger partial charge in [-0.3, -0.25) is 14.3 Å². The van der Waals surface area contributed by atoms with E-state index in [-0.39, 0.29) is 0 Å². The molecule has 0 rings (SSSR count). The average molecular weight is 254 g/mol. The number of carbonyl (C=O) groups is 1. The van der Waals surface area contributed by atoms with Crippen LogP contribution in [0.1, 0.15) is 12.8 Å². The van der Waals surface area contributed by atoms with Crippen molar-refractivity contribution >= 4 is 5.78 Å². The van der Waals surface area contributed by atoms with Gasteiger partial charge >= 0.3 is 12.7 Å². The number of ether oxygens (including phenoxy) is 2. The monoisotopic (exact) mass is 254 g/mol. The van der Waals surface area contributed by atoms with Crippen LogP contribution >= 0.6 is 0 Å². The van der Waals surface area contributed by atoms with E-state index in [1.165, 1.54) is 0 Å². The predicted molar refractivity (Wildman–Crippen MR) is 38.3 cm³/mol. The van der Waals surface area contributed by atoms with Gasteiger partial charge in [0.2, 0.25) is 0 Å². The van der Waals surface area contributed by atoms with Crippen LogP contribution in [0, 0.1) is 0 Å². The van der Waals surface area contributed by atoms with Crippen LogP contribution in [0.4, 0.5) is 26.3 Å². The number of hydrogen-bond acceptors (Lipinski definition) is 3. The lowest BCUT2D eigenvalue weighted by Gasteiger charge is -2.07. The number of ketones is 1. The minimum Gasteiger partial charge on any atom is -0.300 e. The number of hydrogen-bond donors (Lipinski definition) is 0. The largest absolute Gasteiger partial charge is 0.522 e. The Morgan fingerprint density at radius 1 is 0.812 bits per heavy atom. The SMILES string of the molecule is O=C(CCOC(F)(F)F)CCOC(F)(F)F. The van der Waals surface area contributed by atoms with Crippen LogP contribution in [0.25, 0.3) is 0 Å². The molecule has 0 amide bonds. The van der Waals surface area contributed by atoms with Gasteiger partial charge in [0, 0.05) is 12.8 Å². The summed E-state index contributed by atoms with van der Waals surface area (Å²) in [6.45, 7) is -1.82. The van der Waals surface area contributed by atoms with E-state index in [9.17, 15) is 31.1 Å². The summed E-state index contributed by atoms with van der Waals surface area (Å²) in [5, 5.41) is 0. The summed E-state index contributed by atoms with van der Waals surface area (Å²) in [6.07, 6.45) is -10.9. The summed E-state index contributed by atoms with van der Waals surface area (Å²) in [5.41, 5.74) is 0. The summed E-state index contributed by atoms with van der Waals surface area (Å²) in [4.78, 5) is 10.7. The molecular weight excluding hydrogens is 246 g/mol. The quantitative estimate of drug-likeness (QED) is 0.683. The number of Topliss-reactive ketones (excluding diaryl/α,β-unsaturated/α-hetero) is 1. The zero-order valence-electron chi connectivity index (χ0n) is 7.82. The molecule has 0 aromatic carbocycles. The van der Waals surface area contributed by atoms with Gasteiger partial charge in [0.1, 0.15) is 5.78 Å². The van der Waals surface area contributed by atoms with Crippen molar-refractivity contribution in [3.8, 4) is 0 Å². The molecule has 0 aromatic heterocycles. The molecule has 0 aromatic rings. The normalized spacial score (nSPS) is 12.9. The van der Waals surface area contributed by atoms with Crippen molar-refractivity contribution in [1.82, 2.24) is 0 Å². The van der Waals surface area contributed by atoms with Crippen LogP contribution in [0.3, 0.4) is 0 Å². The maximum absolute atomic E-state index is 11.4. The first kappa shape index (κ1) is 15.2. The molecule has 0 spiro atoms. The van der Waals surface area contributed by atoms with Crippen LogP contribution in [-0.4, -0.2) is 31.7 Å². The van der Waals surface area contributed by atoms with E-state index in [4.69, 9.17) is 0 Å². The van der Waals surface area contributed by atoms with Crippen LogP contribution in [0.15, 0.2) is 0 Å². The van der Waals surface area contributed by atoms with Crippen molar-refractivity contribution in [3.05, 3.63) is 0 Å². The second-order valence-corrected chi connectivity index (χ2v) is 2.63. The van der Waals surface area contributed by atoms with Gasteiger partial charge in [-0.05, 0) is 0 Å². The predicted octanol–water partition coefficient (Wildman–Crippen LogP) is 2.41. The van der Waals surface area contributed by atoms with Crippen molar-refractivity contribution < 1.29 is 40.6 Å². The van der Waals surface area contributed by atoms with E-state index in [0.717, 1.165) is 0 Å². The lowest BCUT2D eigenvalue weighted by atomic mass is 10.2. The molecule has 16 heavy (non-hydrogen) atoms. The van der Waals surface area contributed by atoms with Crippen LogP contribution in [0.2, 0.25) is 0 Å². The lowest BCUT2D eigenvalue weighted by molar-refractivity contribution is -0.324. The molecule has 0 N–H and O–H groups in total. The van der Waals surface area contributed by atoms with Crippen LogP contribution in [-0.2, 0) is 14.3 Å². The first-order valence-corrected chi connectivity index (χ1v) is 4.03. The molecule has 0 unspecified atom stereocenters. The highest BCUT2D eigenvalue weighted by Gasteiger charge is 2.30. The Kier molecular flexibility index (Phi) is 5.73. The first-order valence-electron chi connectivity index (χ1n) is 4.03. The van der Waals surface area contributed by atoms with Crippen LogP contribution < -0.4 is 0 Å². The maximum Gasteiger partial charge on any atom is 0.522 e. The van der Waals surface area contributed by atoms with E-state index < -0.39 is 44.6 Å². The van der Waals surface area contributed by atoms with Crippen molar-refractivity contribution in [2.45, 2.75) is 25.6 Å². The molecular formula is C7H8F6O3. The van der Waals surface area contributed by atoms with Gasteiger partial charge in [-0.2, -0.15) is 0 Å². The summed E-state index contributed by atoms with van der Waals surface area (Å²) in [5.74, 6) is -0.798. The third-order valence-electron chi connectivity index (χ3n) is 1.29. The Hall–Kier alpha value is -0.830. The highest BCUT2D eigenvalue weighted by molar-refractivity contribution is 5.78. The minimum absolute atomic E-state index is 0.610. The Morgan fingerprint density at radius 3 is 1.38 bits per heavy atom. The lowest BCUT2D eigenvalue weighted by Crippen LogP contribution is -2.18. The third-order valence-corrected chi connectivity index (χ3v) is 1.29. The van der Waals surface area contributed by atoms with E-state index in [0.29, 0.717) is 0 Å². The van der Waals surface area contributed by atoms with Gasteiger partial charge in [0.15, 0.2) is 0 Å². The fraction of sp³-hybridized carbons (Fsp3) is 0.857. The van der Waals surface area contributed by atoms with Gasteiger partial charge in [0.25, 0.3) is 0 Å². The molecule has 3 nitrogen and oxygen atoms in total. The van der Waals surface area contributed by atoms with E-state index in [2.05, 4.69) is 9.47 Å².